The third-order valence-electron chi connectivity index (χ3n) is 3.01. The Hall–Kier alpha value is -0.570. The van der Waals surface area contributed by atoms with E-state index in [0.29, 0.717) is 18.9 Å². The lowest BCUT2D eigenvalue weighted by atomic mass is 9.93. The summed E-state index contributed by atoms with van der Waals surface area (Å²) in [6.07, 6.45) is 4.15. The van der Waals surface area contributed by atoms with Gasteiger partial charge in [-0.1, -0.05) is 20.8 Å². The fraction of sp³-hybridized carbons (Fsp3) is 0.929. The predicted molar refractivity (Wildman–Crippen MR) is 72.1 cm³/mol. The van der Waals surface area contributed by atoms with Crippen molar-refractivity contribution in [1.29, 1.82) is 0 Å². The Morgan fingerprint density at radius 2 is 1.82 bits per heavy atom. The zero-order valence-corrected chi connectivity index (χ0v) is 12.0. The van der Waals surface area contributed by atoms with Gasteiger partial charge in [-0.3, -0.25) is 4.79 Å². The molecule has 1 rings (SSSR count). The number of likely N-dealkylation sites (tertiary alicyclic amines) is 1. The van der Waals surface area contributed by atoms with Gasteiger partial charge in [-0.2, -0.15) is 0 Å². The third-order valence-corrected chi connectivity index (χ3v) is 3.01. The van der Waals surface area contributed by atoms with Crippen LogP contribution in [0.15, 0.2) is 0 Å². The molecule has 1 aliphatic rings. The fourth-order valence-corrected chi connectivity index (χ4v) is 2.19. The van der Waals surface area contributed by atoms with E-state index in [9.17, 15) is 4.79 Å². The largest absolute Gasteiger partial charge is 0.466 e. The summed E-state index contributed by atoms with van der Waals surface area (Å²) in [7, 11) is 0. The second-order valence-electron chi connectivity index (χ2n) is 4.29. The number of hydrogen-bond acceptors (Lipinski definition) is 3. The Labute approximate surface area is 107 Å². The van der Waals surface area contributed by atoms with E-state index in [1.807, 2.05) is 20.8 Å². The second kappa shape index (κ2) is 10.6. The molecule has 0 amide bonds. The molecule has 1 heterocycles. The van der Waals surface area contributed by atoms with Crippen molar-refractivity contribution in [3.05, 3.63) is 0 Å². The Bertz CT molecular complexity index is 187. The molecule has 0 aromatic rings. The van der Waals surface area contributed by atoms with Crippen molar-refractivity contribution in [2.75, 3.05) is 26.2 Å². The van der Waals surface area contributed by atoms with Gasteiger partial charge in [0.2, 0.25) is 0 Å². The number of esters is 1. The fourth-order valence-electron chi connectivity index (χ4n) is 2.19. The number of rotatable bonds is 5. The van der Waals surface area contributed by atoms with Crippen molar-refractivity contribution in [3.8, 4) is 0 Å². The lowest BCUT2D eigenvalue weighted by molar-refractivity contribution is -0.144. The molecule has 3 nitrogen and oxygen atoms in total. The van der Waals surface area contributed by atoms with Crippen LogP contribution in [-0.4, -0.2) is 37.1 Å². The first-order valence-electron chi connectivity index (χ1n) is 7.14. The van der Waals surface area contributed by atoms with E-state index in [1.54, 1.807) is 0 Å². The number of carbonyl (C=O) groups excluding carboxylic acids is 1. The maximum atomic E-state index is 11.3. The van der Waals surface area contributed by atoms with E-state index in [1.165, 1.54) is 13.0 Å². The van der Waals surface area contributed by atoms with Crippen LogP contribution in [0, 0.1) is 5.92 Å². The van der Waals surface area contributed by atoms with Gasteiger partial charge < -0.3 is 9.64 Å². The maximum absolute atomic E-state index is 11.3. The van der Waals surface area contributed by atoms with Crippen LogP contribution in [0.1, 0.15) is 53.4 Å². The second-order valence-corrected chi connectivity index (χ2v) is 4.29. The average molecular weight is 243 g/mol. The summed E-state index contributed by atoms with van der Waals surface area (Å²) in [5.41, 5.74) is 0. The van der Waals surface area contributed by atoms with Crippen molar-refractivity contribution in [1.82, 2.24) is 4.90 Å². The summed E-state index contributed by atoms with van der Waals surface area (Å²) in [6, 6.07) is 0. The number of nitrogens with zero attached hydrogens (tertiary/aromatic N) is 1. The molecule has 0 saturated carbocycles. The Morgan fingerprint density at radius 1 is 1.24 bits per heavy atom. The number of piperidine rings is 1. The molecule has 102 valence electrons. The SMILES string of the molecule is CC.CCCN1CCC(CC(=O)OCC)CC1. The van der Waals surface area contributed by atoms with E-state index >= 15 is 0 Å². The van der Waals surface area contributed by atoms with Gasteiger partial charge in [-0.05, 0) is 51.7 Å². The molecule has 0 aliphatic carbocycles. The molecule has 0 aromatic carbocycles. The Morgan fingerprint density at radius 3 is 2.29 bits per heavy atom. The van der Waals surface area contributed by atoms with E-state index in [0.717, 1.165) is 25.9 Å². The van der Waals surface area contributed by atoms with Crippen molar-refractivity contribution >= 4 is 5.97 Å². The van der Waals surface area contributed by atoms with Crippen molar-refractivity contribution < 1.29 is 9.53 Å². The Kier molecular flexibility index (Phi) is 10.2. The first-order valence-corrected chi connectivity index (χ1v) is 7.14. The normalized spacial score (nSPS) is 17.2. The predicted octanol–water partition coefficient (Wildman–Crippen LogP) is 3.09. The molecule has 0 bridgehead atoms. The van der Waals surface area contributed by atoms with Crippen LogP contribution in [0.3, 0.4) is 0 Å². The topological polar surface area (TPSA) is 29.5 Å². The maximum Gasteiger partial charge on any atom is 0.306 e. The van der Waals surface area contributed by atoms with Crippen LogP contribution in [-0.2, 0) is 9.53 Å². The molecule has 0 radical (unpaired) electrons. The minimum atomic E-state index is -0.0218. The zero-order valence-electron chi connectivity index (χ0n) is 12.0. The standard InChI is InChI=1S/C12H23NO2.C2H6/c1-3-7-13-8-5-11(6-9-13)10-12(14)15-4-2;1-2/h11H,3-10H2,1-2H3;1-2H3. The monoisotopic (exact) mass is 243 g/mol. The van der Waals surface area contributed by atoms with Crippen LogP contribution in [0.5, 0.6) is 0 Å². The molecule has 0 aromatic heterocycles. The summed E-state index contributed by atoms with van der Waals surface area (Å²) in [6.45, 7) is 12.1. The lowest BCUT2D eigenvalue weighted by Crippen LogP contribution is -2.34. The van der Waals surface area contributed by atoms with E-state index in [2.05, 4.69) is 11.8 Å². The quantitative estimate of drug-likeness (QED) is 0.695. The Balaban J connectivity index is 0.00000121. The van der Waals surface area contributed by atoms with Gasteiger partial charge in [-0.15, -0.1) is 0 Å². The lowest BCUT2D eigenvalue weighted by Gasteiger charge is -2.31. The molecule has 0 N–H and O–H groups in total. The molecule has 1 aliphatic heterocycles. The summed E-state index contributed by atoms with van der Waals surface area (Å²) >= 11 is 0. The molecule has 0 spiro atoms. The number of carbonyl (C=O) groups is 1. The minimum absolute atomic E-state index is 0.0218. The van der Waals surface area contributed by atoms with E-state index in [-0.39, 0.29) is 5.97 Å². The van der Waals surface area contributed by atoms with Crippen molar-refractivity contribution in [2.24, 2.45) is 5.92 Å². The van der Waals surface area contributed by atoms with Crippen LogP contribution in [0.25, 0.3) is 0 Å². The molecular formula is C14H29NO2. The molecule has 3 heteroatoms. The highest BCUT2D eigenvalue weighted by Gasteiger charge is 2.21. The summed E-state index contributed by atoms with van der Waals surface area (Å²) in [5.74, 6) is 0.531. The van der Waals surface area contributed by atoms with Gasteiger partial charge in [0.25, 0.3) is 0 Å². The van der Waals surface area contributed by atoms with Gasteiger partial charge in [-0.25, -0.2) is 0 Å². The van der Waals surface area contributed by atoms with Gasteiger partial charge >= 0.3 is 5.97 Å². The smallest absolute Gasteiger partial charge is 0.306 e. The third kappa shape index (κ3) is 7.37. The molecule has 0 unspecified atom stereocenters. The minimum Gasteiger partial charge on any atom is -0.466 e. The molecule has 17 heavy (non-hydrogen) atoms. The summed E-state index contributed by atoms with van der Waals surface area (Å²) < 4.78 is 4.97. The highest BCUT2D eigenvalue weighted by Crippen LogP contribution is 2.20. The number of ether oxygens (including phenoxy) is 1. The van der Waals surface area contributed by atoms with Crippen molar-refractivity contribution in [3.63, 3.8) is 0 Å². The average Bonchev–Trinajstić information content (AvgIpc) is 2.35. The molecular weight excluding hydrogens is 214 g/mol. The van der Waals surface area contributed by atoms with Crippen molar-refractivity contribution in [2.45, 2.75) is 53.4 Å². The van der Waals surface area contributed by atoms with Gasteiger partial charge in [0.15, 0.2) is 0 Å². The van der Waals surface area contributed by atoms with Crippen LogP contribution >= 0.6 is 0 Å². The first kappa shape index (κ1) is 16.4. The van der Waals surface area contributed by atoms with E-state index < -0.39 is 0 Å². The van der Waals surface area contributed by atoms with Crippen LogP contribution < -0.4 is 0 Å². The number of hydrogen-bond donors (Lipinski definition) is 0. The summed E-state index contributed by atoms with van der Waals surface area (Å²) in [5, 5.41) is 0. The molecule has 1 saturated heterocycles. The van der Waals surface area contributed by atoms with E-state index in [4.69, 9.17) is 4.74 Å². The van der Waals surface area contributed by atoms with Gasteiger partial charge in [0.05, 0.1) is 6.61 Å². The first-order chi connectivity index (χ1) is 8.26. The zero-order chi connectivity index (χ0) is 13.1. The van der Waals surface area contributed by atoms with Crippen LogP contribution in [0.4, 0.5) is 0 Å². The van der Waals surface area contributed by atoms with Gasteiger partial charge in [0.1, 0.15) is 0 Å². The highest BCUT2D eigenvalue weighted by molar-refractivity contribution is 5.69. The van der Waals surface area contributed by atoms with Gasteiger partial charge in [0, 0.05) is 6.42 Å². The highest BCUT2D eigenvalue weighted by atomic mass is 16.5. The van der Waals surface area contributed by atoms with Crippen LogP contribution in [0.2, 0.25) is 0 Å². The molecule has 0 atom stereocenters. The summed E-state index contributed by atoms with van der Waals surface area (Å²) in [4.78, 5) is 13.8. The molecule has 1 fully saturated rings.